The third kappa shape index (κ3) is 5.86. The molecule has 3 fully saturated rings. The maximum atomic E-state index is 12.8. The van der Waals surface area contributed by atoms with Crippen molar-refractivity contribution in [3.63, 3.8) is 0 Å². The van der Waals surface area contributed by atoms with Gasteiger partial charge in [-0.1, -0.05) is 6.42 Å². The SMILES string of the molecule is CCOC(=O)c1cc(N2CCC(N3CCOCC3)CC2)c(C(=N)C2CCC2)c(Nc2ccnc(Cl)n2)n1. The Kier molecular flexibility index (Phi) is 8.17. The third-order valence-corrected chi connectivity index (χ3v) is 7.69. The predicted molar refractivity (Wildman–Crippen MR) is 142 cm³/mol. The lowest BCUT2D eigenvalue weighted by Crippen LogP contribution is -2.49. The second kappa shape index (κ2) is 11.7. The molecule has 11 heteroatoms. The Balaban J connectivity index is 1.51. The van der Waals surface area contributed by atoms with E-state index in [0.29, 0.717) is 23.4 Å². The number of morpholine rings is 1. The van der Waals surface area contributed by atoms with Gasteiger partial charge in [-0.05, 0) is 56.3 Å². The van der Waals surface area contributed by atoms with Crippen LogP contribution in [0.25, 0.3) is 0 Å². The van der Waals surface area contributed by atoms with Gasteiger partial charge in [0.25, 0.3) is 0 Å². The van der Waals surface area contributed by atoms with Gasteiger partial charge in [0, 0.05) is 50.0 Å². The fourth-order valence-electron chi connectivity index (χ4n) is 5.29. The number of rotatable bonds is 8. The molecule has 2 aromatic heterocycles. The molecular formula is C26H34ClN7O3. The van der Waals surface area contributed by atoms with Gasteiger partial charge in [0.2, 0.25) is 5.28 Å². The van der Waals surface area contributed by atoms with E-state index in [2.05, 4.69) is 30.1 Å². The van der Waals surface area contributed by atoms with Crippen LogP contribution in [0, 0.1) is 11.3 Å². The summed E-state index contributed by atoms with van der Waals surface area (Å²) in [6.07, 6.45) is 6.66. The van der Waals surface area contributed by atoms with Crippen molar-refractivity contribution >= 4 is 40.6 Å². The van der Waals surface area contributed by atoms with E-state index in [1.165, 1.54) is 0 Å². The Bertz CT molecular complexity index is 1130. The van der Waals surface area contributed by atoms with E-state index in [1.807, 2.05) is 0 Å². The summed E-state index contributed by atoms with van der Waals surface area (Å²) in [5, 5.41) is 12.5. The van der Waals surface area contributed by atoms with Crippen molar-refractivity contribution in [1.29, 1.82) is 5.41 Å². The zero-order valence-corrected chi connectivity index (χ0v) is 22.0. The van der Waals surface area contributed by atoms with Gasteiger partial charge >= 0.3 is 5.97 Å². The van der Waals surface area contributed by atoms with Gasteiger partial charge in [-0.3, -0.25) is 4.90 Å². The highest BCUT2D eigenvalue weighted by Gasteiger charge is 2.33. The highest BCUT2D eigenvalue weighted by molar-refractivity contribution is 6.28. The van der Waals surface area contributed by atoms with Crippen LogP contribution in [0.2, 0.25) is 5.28 Å². The molecule has 5 rings (SSSR count). The number of carbonyl (C=O) groups is 1. The quantitative estimate of drug-likeness (QED) is 0.299. The van der Waals surface area contributed by atoms with Gasteiger partial charge in [0.15, 0.2) is 5.69 Å². The number of nitrogens with zero attached hydrogens (tertiary/aromatic N) is 5. The Morgan fingerprint density at radius 3 is 2.59 bits per heavy atom. The van der Waals surface area contributed by atoms with Gasteiger partial charge in [-0.2, -0.15) is 0 Å². The van der Waals surface area contributed by atoms with Gasteiger partial charge in [-0.25, -0.2) is 19.7 Å². The molecule has 0 radical (unpaired) electrons. The Hall–Kier alpha value is -2.82. The first-order valence-corrected chi connectivity index (χ1v) is 13.5. The number of carbonyl (C=O) groups excluding carboxylic acids is 1. The second-order valence-corrected chi connectivity index (χ2v) is 10.1. The minimum atomic E-state index is -0.488. The summed E-state index contributed by atoms with van der Waals surface area (Å²) < 4.78 is 10.8. The lowest BCUT2D eigenvalue weighted by molar-refractivity contribution is 0.0115. The van der Waals surface area contributed by atoms with Crippen LogP contribution in [0.15, 0.2) is 18.3 Å². The van der Waals surface area contributed by atoms with Crippen LogP contribution >= 0.6 is 11.6 Å². The standard InChI is InChI=1S/C26H34ClN7O3/c1-2-37-25(35)19-16-20(34-10-7-18(8-11-34)33-12-14-36-15-13-33)22(23(28)17-4-3-5-17)24(30-19)31-21-6-9-29-26(27)32-21/h6,9,16-18,28H,2-5,7-8,10-15H2,1H3,(H,29,30,31,32). The molecule has 0 atom stereocenters. The molecule has 2 saturated heterocycles. The molecule has 37 heavy (non-hydrogen) atoms. The van der Waals surface area contributed by atoms with Crippen LogP contribution in [0.4, 0.5) is 17.3 Å². The molecule has 3 aliphatic rings. The third-order valence-electron chi connectivity index (χ3n) is 7.51. The Morgan fingerprint density at radius 2 is 1.95 bits per heavy atom. The molecule has 0 spiro atoms. The van der Waals surface area contributed by atoms with Crippen LogP contribution in [-0.2, 0) is 9.47 Å². The van der Waals surface area contributed by atoms with E-state index in [-0.39, 0.29) is 23.5 Å². The molecular weight excluding hydrogens is 494 g/mol. The first-order valence-electron chi connectivity index (χ1n) is 13.2. The molecule has 0 aromatic carbocycles. The van der Waals surface area contributed by atoms with E-state index in [9.17, 15) is 4.79 Å². The van der Waals surface area contributed by atoms with Crippen LogP contribution in [0.1, 0.15) is 55.1 Å². The largest absolute Gasteiger partial charge is 0.461 e. The maximum Gasteiger partial charge on any atom is 0.357 e. The maximum absolute atomic E-state index is 12.8. The van der Waals surface area contributed by atoms with Crippen LogP contribution in [-0.4, -0.2) is 83.6 Å². The van der Waals surface area contributed by atoms with Gasteiger partial charge in [0.05, 0.1) is 31.1 Å². The fourth-order valence-corrected chi connectivity index (χ4v) is 5.44. The molecule has 4 heterocycles. The Labute approximate surface area is 222 Å². The molecule has 10 nitrogen and oxygen atoms in total. The predicted octanol–water partition coefficient (Wildman–Crippen LogP) is 3.91. The topological polar surface area (TPSA) is 117 Å². The molecule has 198 valence electrons. The number of esters is 1. The number of pyridine rings is 1. The molecule has 1 aliphatic carbocycles. The molecule has 1 saturated carbocycles. The molecule has 2 aliphatic heterocycles. The number of ether oxygens (including phenoxy) is 2. The number of hydrogen-bond acceptors (Lipinski definition) is 10. The summed E-state index contributed by atoms with van der Waals surface area (Å²) in [4.78, 5) is 30.5. The number of anilines is 3. The normalized spacial score (nSPS) is 19.4. The lowest BCUT2D eigenvalue weighted by atomic mass is 9.79. The average molecular weight is 528 g/mol. The number of nitrogens with one attached hydrogen (secondary N) is 2. The van der Waals surface area contributed by atoms with Gasteiger partial charge < -0.3 is 25.1 Å². The van der Waals surface area contributed by atoms with Crippen molar-refractivity contribution in [3.8, 4) is 0 Å². The average Bonchev–Trinajstić information content (AvgIpc) is 2.88. The minimum absolute atomic E-state index is 0.104. The van der Waals surface area contributed by atoms with E-state index in [4.69, 9.17) is 26.5 Å². The molecule has 0 amide bonds. The number of piperidine rings is 1. The van der Waals surface area contributed by atoms with Crippen LogP contribution < -0.4 is 10.2 Å². The minimum Gasteiger partial charge on any atom is -0.461 e. The van der Waals surface area contributed by atoms with Gasteiger partial charge in [-0.15, -0.1) is 0 Å². The van der Waals surface area contributed by atoms with Crippen LogP contribution in [0.3, 0.4) is 0 Å². The van der Waals surface area contributed by atoms with Crippen molar-refractivity contribution in [2.75, 3.05) is 56.2 Å². The molecule has 0 bridgehead atoms. The first kappa shape index (κ1) is 25.8. The van der Waals surface area contributed by atoms with Crippen molar-refractivity contribution in [3.05, 3.63) is 34.9 Å². The fraction of sp³-hybridized carbons (Fsp3) is 0.577. The highest BCUT2D eigenvalue weighted by Crippen LogP contribution is 2.38. The van der Waals surface area contributed by atoms with E-state index >= 15 is 0 Å². The summed E-state index contributed by atoms with van der Waals surface area (Å²) >= 11 is 6.03. The zero-order chi connectivity index (χ0) is 25.8. The summed E-state index contributed by atoms with van der Waals surface area (Å²) in [5.41, 5.74) is 2.32. The van der Waals surface area contributed by atoms with Crippen molar-refractivity contribution < 1.29 is 14.3 Å². The van der Waals surface area contributed by atoms with E-state index in [0.717, 1.165) is 82.7 Å². The lowest BCUT2D eigenvalue weighted by Gasteiger charge is -2.41. The number of hydrogen-bond donors (Lipinski definition) is 2. The molecule has 2 N–H and O–H groups in total. The van der Waals surface area contributed by atoms with Crippen molar-refractivity contribution in [1.82, 2.24) is 19.9 Å². The van der Waals surface area contributed by atoms with Crippen molar-refractivity contribution in [2.45, 2.75) is 45.1 Å². The summed E-state index contributed by atoms with van der Waals surface area (Å²) in [6.45, 7) is 7.22. The monoisotopic (exact) mass is 527 g/mol. The molecule has 2 aromatic rings. The summed E-state index contributed by atoms with van der Waals surface area (Å²) in [7, 11) is 0. The second-order valence-electron chi connectivity index (χ2n) is 9.71. The van der Waals surface area contributed by atoms with Crippen molar-refractivity contribution in [2.24, 2.45) is 5.92 Å². The Morgan fingerprint density at radius 1 is 1.19 bits per heavy atom. The summed E-state index contributed by atoms with van der Waals surface area (Å²) in [6, 6.07) is 4.00. The van der Waals surface area contributed by atoms with Gasteiger partial charge in [0.1, 0.15) is 11.6 Å². The van der Waals surface area contributed by atoms with E-state index in [1.54, 1.807) is 25.3 Å². The number of halogens is 1. The smallest absolute Gasteiger partial charge is 0.357 e. The van der Waals surface area contributed by atoms with Crippen LogP contribution in [0.5, 0.6) is 0 Å². The first-order chi connectivity index (χ1) is 18.0. The summed E-state index contributed by atoms with van der Waals surface area (Å²) in [5.74, 6) is 0.558. The zero-order valence-electron chi connectivity index (χ0n) is 21.2. The number of aromatic nitrogens is 3. The molecule has 0 unspecified atom stereocenters. The van der Waals surface area contributed by atoms with E-state index < -0.39 is 5.97 Å². The highest BCUT2D eigenvalue weighted by atomic mass is 35.5.